The highest BCUT2D eigenvalue weighted by Crippen LogP contribution is 2.42. The molecule has 4 rings (SSSR count). The first-order valence-electron chi connectivity index (χ1n) is 9.71. The molecule has 144 valence electrons. The van der Waals surface area contributed by atoms with Gasteiger partial charge in [0.1, 0.15) is 11.5 Å². The number of methoxy groups -OCH3 is 2. The first-order valence-corrected chi connectivity index (χ1v) is 9.71. The molecule has 1 amide bonds. The van der Waals surface area contributed by atoms with E-state index >= 15 is 0 Å². The van der Waals surface area contributed by atoms with Gasteiger partial charge in [-0.1, -0.05) is 23.8 Å². The van der Waals surface area contributed by atoms with Crippen LogP contribution in [0, 0.1) is 0 Å². The minimum absolute atomic E-state index is 0.0500. The summed E-state index contributed by atoms with van der Waals surface area (Å²) in [5.74, 6) is 1.68. The van der Waals surface area contributed by atoms with Gasteiger partial charge in [-0.3, -0.25) is 4.79 Å². The predicted molar refractivity (Wildman–Crippen MR) is 111 cm³/mol. The molecule has 0 bridgehead atoms. The summed E-state index contributed by atoms with van der Waals surface area (Å²) >= 11 is 0. The van der Waals surface area contributed by atoms with Gasteiger partial charge in [0, 0.05) is 17.7 Å². The first kappa shape index (κ1) is 18.4. The van der Waals surface area contributed by atoms with E-state index in [2.05, 4.69) is 29.6 Å². The second-order valence-corrected chi connectivity index (χ2v) is 7.14. The van der Waals surface area contributed by atoms with Crippen LogP contribution in [0.3, 0.4) is 0 Å². The number of amides is 1. The van der Waals surface area contributed by atoms with Gasteiger partial charge in [0.05, 0.1) is 14.2 Å². The van der Waals surface area contributed by atoms with Crippen molar-refractivity contribution in [2.45, 2.75) is 25.7 Å². The molecule has 0 atom stereocenters. The molecule has 4 nitrogen and oxygen atoms in total. The van der Waals surface area contributed by atoms with Gasteiger partial charge in [0.2, 0.25) is 0 Å². The summed E-state index contributed by atoms with van der Waals surface area (Å²) in [4.78, 5) is 12.4. The second-order valence-electron chi connectivity index (χ2n) is 7.14. The smallest absolute Gasteiger partial charge is 0.251 e. The molecule has 2 aromatic carbocycles. The summed E-state index contributed by atoms with van der Waals surface area (Å²) in [5, 5.41) is 3.04. The maximum absolute atomic E-state index is 12.4. The third kappa shape index (κ3) is 3.42. The molecule has 2 aliphatic rings. The molecule has 0 spiro atoms. The quantitative estimate of drug-likeness (QED) is 0.817. The molecule has 0 saturated carbocycles. The molecular formula is C24H25NO3. The second kappa shape index (κ2) is 7.93. The number of carbonyl (C=O) groups excluding carboxylic acids is 1. The Morgan fingerprint density at radius 3 is 2.61 bits per heavy atom. The summed E-state index contributed by atoms with van der Waals surface area (Å²) in [6.45, 7) is 0.631. The molecule has 0 fully saturated rings. The van der Waals surface area contributed by atoms with Crippen molar-refractivity contribution >= 4 is 11.5 Å². The zero-order chi connectivity index (χ0) is 19.5. The SMILES string of the molecule is COc1ccc(C(=O)NCCC2=C3C=CCc4ccc(OC)c(c43)CC2)cc1. The van der Waals surface area contributed by atoms with E-state index in [9.17, 15) is 4.79 Å². The molecular weight excluding hydrogens is 350 g/mol. The number of rotatable bonds is 6. The zero-order valence-corrected chi connectivity index (χ0v) is 16.4. The third-order valence-electron chi connectivity index (χ3n) is 5.59. The molecule has 2 aliphatic carbocycles. The van der Waals surface area contributed by atoms with E-state index < -0.39 is 0 Å². The monoisotopic (exact) mass is 375 g/mol. The highest BCUT2D eigenvalue weighted by atomic mass is 16.5. The van der Waals surface area contributed by atoms with Gasteiger partial charge in [0.25, 0.3) is 5.91 Å². The van der Waals surface area contributed by atoms with Gasteiger partial charge in [-0.25, -0.2) is 0 Å². The van der Waals surface area contributed by atoms with Crippen LogP contribution in [0.1, 0.15) is 39.9 Å². The van der Waals surface area contributed by atoms with E-state index in [1.54, 1.807) is 38.5 Å². The Balaban J connectivity index is 1.48. The number of hydrogen-bond donors (Lipinski definition) is 1. The zero-order valence-electron chi connectivity index (χ0n) is 16.4. The third-order valence-corrected chi connectivity index (χ3v) is 5.59. The van der Waals surface area contributed by atoms with Gasteiger partial charge in [-0.05, 0) is 72.7 Å². The van der Waals surface area contributed by atoms with Gasteiger partial charge in [-0.15, -0.1) is 0 Å². The van der Waals surface area contributed by atoms with E-state index in [0.29, 0.717) is 12.1 Å². The van der Waals surface area contributed by atoms with Crippen molar-refractivity contribution in [1.29, 1.82) is 0 Å². The molecule has 1 N–H and O–H groups in total. The molecule has 0 radical (unpaired) electrons. The van der Waals surface area contributed by atoms with Crippen LogP contribution in [0.15, 0.2) is 54.1 Å². The molecule has 0 heterocycles. The van der Waals surface area contributed by atoms with E-state index in [0.717, 1.165) is 37.2 Å². The van der Waals surface area contributed by atoms with Gasteiger partial charge < -0.3 is 14.8 Å². The largest absolute Gasteiger partial charge is 0.497 e. The van der Waals surface area contributed by atoms with Crippen LogP contribution in [-0.2, 0) is 12.8 Å². The van der Waals surface area contributed by atoms with Crippen LogP contribution < -0.4 is 14.8 Å². The van der Waals surface area contributed by atoms with Crippen molar-refractivity contribution in [1.82, 2.24) is 5.32 Å². The fourth-order valence-electron chi connectivity index (χ4n) is 4.15. The number of nitrogens with one attached hydrogen (secondary N) is 1. The van der Waals surface area contributed by atoms with Crippen molar-refractivity contribution in [2.24, 2.45) is 0 Å². The van der Waals surface area contributed by atoms with Crippen LogP contribution >= 0.6 is 0 Å². The molecule has 28 heavy (non-hydrogen) atoms. The van der Waals surface area contributed by atoms with Gasteiger partial charge in [-0.2, -0.15) is 0 Å². The number of benzene rings is 2. The number of carbonyl (C=O) groups is 1. The predicted octanol–water partition coefficient (Wildman–Crippen LogP) is 4.34. The van der Waals surface area contributed by atoms with Crippen molar-refractivity contribution in [3.05, 3.63) is 76.4 Å². The van der Waals surface area contributed by atoms with Crippen molar-refractivity contribution < 1.29 is 14.3 Å². The fraction of sp³-hybridized carbons (Fsp3) is 0.292. The summed E-state index contributed by atoms with van der Waals surface area (Å²) in [7, 11) is 3.36. The van der Waals surface area contributed by atoms with Crippen molar-refractivity contribution in [2.75, 3.05) is 20.8 Å². The Labute approximate surface area is 165 Å². The lowest BCUT2D eigenvalue weighted by Crippen LogP contribution is -2.25. The van der Waals surface area contributed by atoms with Crippen LogP contribution in [0.25, 0.3) is 5.57 Å². The summed E-state index contributed by atoms with van der Waals surface area (Å²) in [5.41, 5.74) is 7.42. The van der Waals surface area contributed by atoms with E-state index in [4.69, 9.17) is 9.47 Å². The highest BCUT2D eigenvalue weighted by molar-refractivity contribution is 5.94. The normalized spacial score (nSPS) is 14.5. The Kier molecular flexibility index (Phi) is 5.20. The molecule has 4 heteroatoms. The maximum atomic E-state index is 12.4. The minimum Gasteiger partial charge on any atom is -0.497 e. The summed E-state index contributed by atoms with van der Waals surface area (Å²) in [6.07, 6.45) is 8.30. The molecule has 0 saturated heterocycles. The average Bonchev–Trinajstić information content (AvgIpc) is 2.75. The molecule has 0 aromatic heterocycles. The highest BCUT2D eigenvalue weighted by Gasteiger charge is 2.24. The lowest BCUT2D eigenvalue weighted by atomic mass is 9.78. The topological polar surface area (TPSA) is 47.6 Å². The maximum Gasteiger partial charge on any atom is 0.251 e. The van der Waals surface area contributed by atoms with E-state index in [1.807, 2.05) is 0 Å². The Hall–Kier alpha value is -3.01. The summed E-state index contributed by atoms with van der Waals surface area (Å²) < 4.78 is 10.7. The lowest BCUT2D eigenvalue weighted by Gasteiger charge is -2.28. The van der Waals surface area contributed by atoms with Crippen LogP contribution in [0.4, 0.5) is 0 Å². The van der Waals surface area contributed by atoms with E-state index in [-0.39, 0.29) is 5.91 Å². The molecule has 2 aromatic rings. The Morgan fingerprint density at radius 1 is 1.04 bits per heavy atom. The number of hydrogen-bond acceptors (Lipinski definition) is 3. The minimum atomic E-state index is -0.0500. The fourth-order valence-corrected chi connectivity index (χ4v) is 4.15. The van der Waals surface area contributed by atoms with Crippen LogP contribution in [0.5, 0.6) is 11.5 Å². The van der Waals surface area contributed by atoms with Crippen molar-refractivity contribution in [3.63, 3.8) is 0 Å². The van der Waals surface area contributed by atoms with Gasteiger partial charge >= 0.3 is 0 Å². The molecule has 0 aliphatic heterocycles. The van der Waals surface area contributed by atoms with Crippen molar-refractivity contribution in [3.8, 4) is 11.5 Å². The van der Waals surface area contributed by atoms with Crippen LogP contribution in [-0.4, -0.2) is 26.7 Å². The number of ether oxygens (including phenoxy) is 2. The lowest BCUT2D eigenvalue weighted by molar-refractivity contribution is 0.0954. The Bertz CT molecular complexity index is 955. The number of allylic oxidation sites excluding steroid dienone is 3. The summed E-state index contributed by atoms with van der Waals surface area (Å²) in [6, 6.07) is 11.4. The van der Waals surface area contributed by atoms with E-state index in [1.165, 1.54) is 27.8 Å². The standard InChI is InChI=1S/C24H25NO3/c1-27-19-10-6-18(7-11-19)24(26)25-15-14-16-8-12-21-22(28-2)13-9-17-4-3-5-20(16)23(17)21/h3,5-7,9-11,13H,4,8,12,14-15H2,1-2H3,(H,25,26). The first-order chi connectivity index (χ1) is 13.7. The molecule has 0 unspecified atom stereocenters. The average molecular weight is 375 g/mol. The van der Waals surface area contributed by atoms with Crippen LogP contribution in [0.2, 0.25) is 0 Å². The Morgan fingerprint density at radius 2 is 1.86 bits per heavy atom. The van der Waals surface area contributed by atoms with Gasteiger partial charge in [0.15, 0.2) is 0 Å².